The standard InChI is InChI=1S/C16H18N2O4S/c1-3-8-7(2)23-6-9(8)14(19)17-18-15(20)12-10-4-5-11(22-10)13(12)16(18)21/h6,10-13H,3-5H2,1-2H3,(H,17,19). The van der Waals surface area contributed by atoms with Crippen LogP contribution in [0, 0.1) is 18.8 Å². The van der Waals surface area contributed by atoms with Crippen LogP contribution in [0.1, 0.15) is 40.6 Å². The Kier molecular flexibility index (Phi) is 3.32. The Labute approximate surface area is 137 Å². The summed E-state index contributed by atoms with van der Waals surface area (Å²) in [5, 5.41) is 2.71. The Morgan fingerprint density at radius 1 is 1.30 bits per heavy atom. The molecule has 1 aromatic heterocycles. The average molecular weight is 334 g/mol. The number of hydrogen-bond donors (Lipinski definition) is 1. The van der Waals surface area contributed by atoms with Crippen LogP contribution in [0.25, 0.3) is 0 Å². The summed E-state index contributed by atoms with van der Waals surface area (Å²) in [6.45, 7) is 3.95. The van der Waals surface area contributed by atoms with Crippen LogP contribution in [0.4, 0.5) is 0 Å². The summed E-state index contributed by atoms with van der Waals surface area (Å²) in [6.07, 6.45) is 2.03. The van der Waals surface area contributed by atoms with E-state index in [1.807, 2.05) is 13.8 Å². The highest BCUT2D eigenvalue weighted by Gasteiger charge is 2.62. The van der Waals surface area contributed by atoms with Gasteiger partial charge in [-0.2, -0.15) is 5.01 Å². The second-order valence-corrected chi connectivity index (χ2v) is 7.42. The number of amides is 3. The maximum absolute atomic E-state index is 12.5. The molecule has 122 valence electrons. The Bertz CT molecular complexity index is 685. The first kappa shape index (κ1) is 14.8. The van der Waals surface area contributed by atoms with E-state index in [0.717, 1.165) is 34.7 Å². The van der Waals surface area contributed by atoms with Crippen molar-refractivity contribution in [2.24, 2.45) is 11.8 Å². The Morgan fingerprint density at radius 2 is 1.91 bits per heavy atom. The molecule has 1 aromatic rings. The minimum atomic E-state index is -0.420. The largest absolute Gasteiger partial charge is 0.373 e. The highest BCUT2D eigenvalue weighted by molar-refractivity contribution is 7.10. The molecule has 7 heteroatoms. The van der Waals surface area contributed by atoms with Gasteiger partial charge in [-0.1, -0.05) is 6.92 Å². The van der Waals surface area contributed by atoms with Crippen molar-refractivity contribution < 1.29 is 19.1 Å². The lowest BCUT2D eigenvalue weighted by Gasteiger charge is -2.18. The van der Waals surface area contributed by atoms with E-state index in [1.54, 1.807) is 5.38 Å². The Morgan fingerprint density at radius 3 is 2.48 bits per heavy atom. The SMILES string of the molecule is CCc1c(C(=O)NN2C(=O)C3C4CCC(O4)C3C2=O)csc1C. The number of carbonyl (C=O) groups is 3. The van der Waals surface area contributed by atoms with Gasteiger partial charge < -0.3 is 4.74 Å². The molecule has 3 aliphatic rings. The van der Waals surface area contributed by atoms with Crippen LogP contribution in [-0.2, 0) is 20.7 Å². The lowest BCUT2D eigenvalue weighted by atomic mass is 9.81. The van der Waals surface area contributed by atoms with E-state index < -0.39 is 11.8 Å². The van der Waals surface area contributed by atoms with Crippen LogP contribution in [0.15, 0.2) is 5.38 Å². The zero-order valence-electron chi connectivity index (χ0n) is 13.0. The fraction of sp³-hybridized carbons (Fsp3) is 0.562. The number of nitrogens with zero attached hydrogens (tertiary/aromatic N) is 1. The number of fused-ring (bicyclic) bond motifs is 5. The Balaban J connectivity index is 1.56. The second kappa shape index (κ2) is 5.14. The molecule has 0 aromatic carbocycles. The molecule has 1 N–H and O–H groups in total. The average Bonchev–Trinajstić information content (AvgIpc) is 3.27. The summed E-state index contributed by atoms with van der Waals surface area (Å²) >= 11 is 1.50. The van der Waals surface area contributed by atoms with Crippen molar-refractivity contribution in [3.63, 3.8) is 0 Å². The van der Waals surface area contributed by atoms with Crippen molar-refractivity contribution in [2.75, 3.05) is 0 Å². The molecular formula is C16H18N2O4S. The van der Waals surface area contributed by atoms with Crippen molar-refractivity contribution >= 4 is 29.1 Å². The lowest BCUT2D eigenvalue weighted by molar-refractivity contribution is -0.145. The van der Waals surface area contributed by atoms with Crippen molar-refractivity contribution in [3.05, 3.63) is 21.4 Å². The lowest BCUT2D eigenvalue weighted by Crippen LogP contribution is -2.48. The molecule has 4 atom stereocenters. The van der Waals surface area contributed by atoms with Crippen molar-refractivity contribution in [1.82, 2.24) is 10.4 Å². The molecule has 0 radical (unpaired) electrons. The van der Waals surface area contributed by atoms with Crippen LogP contribution in [0.5, 0.6) is 0 Å². The maximum Gasteiger partial charge on any atom is 0.271 e. The molecule has 3 amide bonds. The normalized spacial score (nSPS) is 31.8. The van der Waals surface area contributed by atoms with Crippen molar-refractivity contribution in [3.8, 4) is 0 Å². The number of nitrogens with one attached hydrogen (secondary N) is 1. The summed E-state index contributed by atoms with van der Waals surface area (Å²) in [7, 11) is 0. The van der Waals surface area contributed by atoms with Gasteiger partial charge in [-0.05, 0) is 31.7 Å². The molecule has 3 saturated heterocycles. The van der Waals surface area contributed by atoms with E-state index in [2.05, 4.69) is 5.43 Å². The number of imide groups is 1. The molecular weight excluding hydrogens is 316 g/mol. The van der Waals surface area contributed by atoms with Crippen LogP contribution < -0.4 is 5.43 Å². The summed E-state index contributed by atoms with van der Waals surface area (Å²) in [5.41, 5.74) is 4.04. The van der Waals surface area contributed by atoms with E-state index in [9.17, 15) is 14.4 Å². The third-order valence-corrected chi connectivity index (χ3v) is 6.15. The quantitative estimate of drug-likeness (QED) is 0.849. The highest BCUT2D eigenvalue weighted by Crippen LogP contribution is 2.48. The number of hydrogen-bond acceptors (Lipinski definition) is 5. The molecule has 4 rings (SSSR count). The van der Waals surface area contributed by atoms with E-state index >= 15 is 0 Å². The zero-order chi connectivity index (χ0) is 16.3. The van der Waals surface area contributed by atoms with Crippen molar-refractivity contribution in [2.45, 2.75) is 45.3 Å². The van der Waals surface area contributed by atoms with Gasteiger partial charge in [0.25, 0.3) is 17.7 Å². The van der Waals surface area contributed by atoms with Crippen molar-refractivity contribution in [1.29, 1.82) is 0 Å². The van der Waals surface area contributed by atoms with E-state index in [1.165, 1.54) is 11.3 Å². The predicted molar refractivity (Wildman–Crippen MR) is 82.6 cm³/mol. The molecule has 4 unspecified atom stereocenters. The van der Waals surface area contributed by atoms with Gasteiger partial charge >= 0.3 is 0 Å². The van der Waals surface area contributed by atoms with Gasteiger partial charge in [0.15, 0.2) is 0 Å². The third-order valence-electron chi connectivity index (χ3n) is 5.20. The Hall–Kier alpha value is -1.73. The van der Waals surface area contributed by atoms with E-state index in [-0.39, 0.29) is 29.9 Å². The molecule has 3 aliphatic heterocycles. The zero-order valence-corrected chi connectivity index (χ0v) is 13.8. The summed E-state index contributed by atoms with van der Waals surface area (Å²) < 4.78 is 5.68. The summed E-state index contributed by atoms with van der Waals surface area (Å²) in [4.78, 5) is 38.6. The van der Waals surface area contributed by atoms with Gasteiger partial charge in [0.05, 0.1) is 29.6 Å². The number of aryl methyl sites for hydroxylation is 1. The van der Waals surface area contributed by atoms with Crippen LogP contribution in [0.3, 0.4) is 0 Å². The minimum absolute atomic E-state index is 0.169. The third kappa shape index (κ3) is 1.99. The van der Waals surface area contributed by atoms with Gasteiger partial charge in [-0.15, -0.1) is 11.3 Å². The smallest absolute Gasteiger partial charge is 0.271 e. The first-order valence-corrected chi connectivity index (χ1v) is 8.82. The molecule has 6 nitrogen and oxygen atoms in total. The second-order valence-electron chi connectivity index (χ2n) is 6.33. The fourth-order valence-corrected chi connectivity index (χ4v) is 5.03. The van der Waals surface area contributed by atoms with Crippen LogP contribution >= 0.6 is 11.3 Å². The van der Waals surface area contributed by atoms with Crippen LogP contribution in [0.2, 0.25) is 0 Å². The molecule has 0 aliphatic carbocycles. The van der Waals surface area contributed by atoms with Gasteiger partial charge in [-0.3, -0.25) is 19.8 Å². The molecule has 0 spiro atoms. The predicted octanol–water partition coefficient (Wildman–Crippen LogP) is 1.43. The summed E-state index contributed by atoms with van der Waals surface area (Å²) in [5.74, 6) is -1.88. The molecule has 3 fully saturated rings. The molecule has 23 heavy (non-hydrogen) atoms. The first-order chi connectivity index (χ1) is 11.0. The maximum atomic E-state index is 12.5. The number of thiophene rings is 1. The monoisotopic (exact) mass is 334 g/mol. The first-order valence-electron chi connectivity index (χ1n) is 7.94. The van der Waals surface area contributed by atoms with Gasteiger partial charge in [0, 0.05) is 10.3 Å². The van der Waals surface area contributed by atoms with Crippen LogP contribution in [-0.4, -0.2) is 34.9 Å². The topological polar surface area (TPSA) is 75.7 Å². The minimum Gasteiger partial charge on any atom is -0.373 e. The molecule has 0 saturated carbocycles. The molecule has 4 heterocycles. The number of rotatable bonds is 3. The van der Waals surface area contributed by atoms with Gasteiger partial charge in [-0.25, -0.2) is 0 Å². The van der Waals surface area contributed by atoms with Gasteiger partial charge in [0.1, 0.15) is 0 Å². The van der Waals surface area contributed by atoms with Gasteiger partial charge in [0.2, 0.25) is 0 Å². The fourth-order valence-electron chi connectivity index (χ4n) is 4.09. The highest BCUT2D eigenvalue weighted by atomic mass is 32.1. The number of ether oxygens (including phenoxy) is 1. The molecule has 2 bridgehead atoms. The summed E-state index contributed by atoms with van der Waals surface area (Å²) in [6, 6.07) is 0. The van der Waals surface area contributed by atoms with E-state index in [0.29, 0.717) is 5.56 Å². The number of hydrazine groups is 1. The number of carbonyl (C=O) groups excluding carboxylic acids is 3. The van der Waals surface area contributed by atoms with E-state index in [4.69, 9.17) is 4.74 Å².